The number of benzene rings is 1. The number of carbonyl (C=O) groups is 1. The largest absolute Gasteiger partial charge is 0.341 e. The Hall–Kier alpha value is -2.87. The van der Waals surface area contributed by atoms with Crippen LogP contribution in [-0.2, 0) is 0 Å². The van der Waals surface area contributed by atoms with Gasteiger partial charge >= 0.3 is 0 Å². The van der Waals surface area contributed by atoms with E-state index in [1.54, 1.807) is 36.7 Å². The van der Waals surface area contributed by atoms with Crippen molar-refractivity contribution in [3.63, 3.8) is 0 Å². The summed E-state index contributed by atoms with van der Waals surface area (Å²) in [5.41, 5.74) is 1.26. The van der Waals surface area contributed by atoms with Crippen molar-refractivity contribution < 1.29 is 4.79 Å². The van der Waals surface area contributed by atoms with Gasteiger partial charge in [0.05, 0.1) is 6.54 Å². The van der Waals surface area contributed by atoms with Gasteiger partial charge in [0.1, 0.15) is 0 Å². The Morgan fingerprint density at radius 2 is 2.05 bits per heavy atom. The molecule has 0 aliphatic rings. The molecule has 0 unspecified atom stereocenters. The molecule has 1 amide bonds. The molecule has 1 aromatic heterocycles. The Labute approximate surface area is 111 Å². The highest BCUT2D eigenvalue weighted by atomic mass is 16.1. The topological polar surface area (TPSA) is 66.9 Å². The maximum atomic E-state index is 11.7. The highest BCUT2D eigenvalue weighted by Gasteiger charge is 2.05. The van der Waals surface area contributed by atoms with Gasteiger partial charge in [0.2, 0.25) is 5.95 Å². The number of hydrogen-bond acceptors (Lipinski definition) is 4. The second-order valence-electron chi connectivity index (χ2n) is 3.67. The molecular formula is C14H12N4O. The van der Waals surface area contributed by atoms with Crippen LogP contribution in [0.1, 0.15) is 10.4 Å². The normalized spacial score (nSPS) is 9.42. The number of carbonyl (C=O) groups excluding carboxylic acids is 1. The molecule has 0 saturated heterocycles. The summed E-state index contributed by atoms with van der Waals surface area (Å²) in [6.45, 7) is 0.207. The van der Waals surface area contributed by atoms with Gasteiger partial charge in [-0.2, -0.15) is 0 Å². The molecule has 2 rings (SSSR count). The molecule has 0 saturated carbocycles. The highest BCUT2D eigenvalue weighted by Crippen LogP contribution is 2.14. The summed E-state index contributed by atoms with van der Waals surface area (Å²) in [5.74, 6) is 2.62. The van der Waals surface area contributed by atoms with Crippen LogP contribution in [0.3, 0.4) is 0 Å². The van der Waals surface area contributed by atoms with Gasteiger partial charge in [-0.25, -0.2) is 9.97 Å². The lowest BCUT2D eigenvalue weighted by Crippen LogP contribution is -2.23. The molecule has 2 aromatic rings. The second kappa shape index (κ2) is 6.17. The molecule has 94 valence electrons. The smallest absolute Gasteiger partial charge is 0.252 e. The van der Waals surface area contributed by atoms with Crippen LogP contribution in [0.2, 0.25) is 0 Å². The second-order valence-corrected chi connectivity index (χ2v) is 3.67. The SMILES string of the molecule is C#CCNC(=O)c1cccc(Nc2ncccn2)c1. The van der Waals surface area contributed by atoms with Crippen LogP contribution >= 0.6 is 0 Å². The summed E-state index contributed by atoms with van der Waals surface area (Å²) in [5, 5.41) is 5.62. The Morgan fingerprint density at radius 3 is 2.79 bits per heavy atom. The number of nitrogens with one attached hydrogen (secondary N) is 2. The van der Waals surface area contributed by atoms with Crippen molar-refractivity contribution in [3.8, 4) is 12.3 Å². The first-order valence-corrected chi connectivity index (χ1v) is 5.65. The minimum atomic E-state index is -0.212. The summed E-state index contributed by atoms with van der Waals surface area (Å²) in [6, 6.07) is 8.75. The van der Waals surface area contributed by atoms with Crippen LogP contribution < -0.4 is 10.6 Å². The minimum absolute atomic E-state index is 0.207. The molecule has 5 nitrogen and oxygen atoms in total. The predicted octanol–water partition coefficient (Wildman–Crippen LogP) is 1.58. The summed E-state index contributed by atoms with van der Waals surface area (Å²) in [7, 11) is 0. The summed E-state index contributed by atoms with van der Waals surface area (Å²) >= 11 is 0. The molecule has 0 aliphatic carbocycles. The maximum absolute atomic E-state index is 11.7. The number of amides is 1. The molecular weight excluding hydrogens is 240 g/mol. The molecule has 2 N–H and O–H groups in total. The zero-order valence-corrected chi connectivity index (χ0v) is 10.1. The van der Waals surface area contributed by atoms with Gasteiger partial charge in [0, 0.05) is 23.6 Å². The number of nitrogens with zero attached hydrogens (tertiary/aromatic N) is 2. The summed E-state index contributed by atoms with van der Waals surface area (Å²) in [4.78, 5) is 19.8. The fraction of sp³-hybridized carbons (Fsp3) is 0.0714. The third-order valence-electron chi connectivity index (χ3n) is 2.30. The number of anilines is 2. The van der Waals surface area contributed by atoms with E-state index >= 15 is 0 Å². The van der Waals surface area contributed by atoms with Gasteiger partial charge in [-0.05, 0) is 24.3 Å². The Bertz CT molecular complexity index is 604. The predicted molar refractivity (Wildman–Crippen MR) is 72.9 cm³/mol. The van der Waals surface area contributed by atoms with Gasteiger partial charge < -0.3 is 10.6 Å². The fourth-order valence-corrected chi connectivity index (χ4v) is 1.46. The van der Waals surface area contributed by atoms with Crippen molar-refractivity contribution >= 4 is 17.5 Å². The number of hydrogen-bond donors (Lipinski definition) is 2. The molecule has 0 bridgehead atoms. The minimum Gasteiger partial charge on any atom is -0.341 e. The maximum Gasteiger partial charge on any atom is 0.252 e. The summed E-state index contributed by atoms with van der Waals surface area (Å²) < 4.78 is 0. The average molecular weight is 252 g/mol. The molecule has 0 radical (unpaired) electrons. The number of terminal acetylenes is 1. The van der Waals surface area contributed by atoms with E-state index in [-0.39, 0.29) is 12.5 Å². The van der Waals surface area contributed by atoms with E-state index in [1.807, 2.05) is 6.07 Å². The quantitative estimate of drug-likeness (QED) is 0.811. The van der Waals surface area contributed by atoms with E-state index in [4.69, 9.17) is 6.42 Å². The third kappa shape index (κ3) is 3.54. The van der Waals surface area contributed by atoms with Crippen LogP contribution in [-0.4, -0.2) is 22.4 Å². The van der Waals surface area contributed by atoms with Crippen LogP contribution in [0.5, 0.6) is 0 Å². The van der Waals surface area contributed by atoms with Crippen molar-refractivity contribution in [1.29, 1.82) is 0 Å². The molecule has 19 heavy (non-hydrogen) atoms. The summed E-state index contributed by atoms with van der Waals surface area (Å²) in [6.07, 6.45) is 8.37. The van der Waals surface area contributed by atoms with Gasteiger partial charge in [-0.3, -0.25) is 4.79 Å². The van der Waals surface area contributed by atoms with E-state index in [0.29, 0.717) is 11.5 Å². The van der Waals surface area contributed by atoms with E-state index in [0.717, 1.165) is 5.69 Å². The molecule has 0 spiro atoms. The van der Waals surface area contributed by atoms with Gasteiger partial charge in [-0.15, -0.1) is 6.42 Å². The molecule has 0 atom stereocenters. The van der Waals surface area contributed by atoms with Crippen molar-refractivity contribution in [2.24, 2.45) is 0 Å². The van der Waals surface area contributed by atoms with E-state index in [9.17, 15) is 4.79 Å². The van der Waals surface area contributed by atoms with Crippen LogP contribution in [0.25, 0.3) is 0 Å². The Morgan fingerprint density at radius 1 is 1.26 bits per heavy atom. The average Bonchev–Trinajstić information content (AvgIpc) is 2.46. The molecule has 5 heteroatoms. The van der Waals surface area contributed by atoms with Gasteiger partial charge in [-0.1, -0.05) is 12.0 Å². The molecule has 0 aliphatic heterocycles. The lowest BCUT2D eigenvalue weighted by molar-refractivity contribution is 0.0958. The van der Waals surface area contributed by atoms with Crippen molar-refractivity contribution in [2.75, 3.05) is 11.9 Å². The van der Waals surface area contributed by atoms with E-state index in [1.165, 1.54) is 0 Å². The first kappa shape index (κ1) is 12.6. The zero-order chi connectivity index (χ0) is 13.5. The molecule has 0 fully saturated rings. The van der Waals surface area contributed by atoms with Gasteiger partial charge in [0.15, 0.2) is 0 Å². The Balaban J connectivity index is 2.11. The fourth-order valence-electron chi connectivity index (χ4n) is 1.46. The number of aromatic nitrogens is 2. The first-order valence-electron chi connectivity index (χ1n) is 5.65. The van der Waals surface area contributed by atoms with Crippen LogP contribution in [0.15, 0.2) is 42.7 Å². The molecule has 1 heterocycles. The third-order valence-corrected chi connectivity index (χ3v) is 2.30. The number of rotatable bonds is 4. The lowest BCUT2D eigenvalue weighted by atomic mass is 10.2. The van der Waals surface area contributed by atoms with Crippen molar-refractivity contribution in [3.05, 3.63) is 48.3 Å². The molecule has 1 aromatic carbocycles. The van der Waals surface area contributed by atoms with Crippen LogP contribution in [0, 0.1) is 12.3 Å². The zero-order valence-electron chi connectivity index (χ0n) is 10.1. The van der Waals surface area contributed by atoms with Gasteiger partial charge in [0.25, 0.3) is 5.91 Å². The monoisotopic (exact) mass is 252 g/mol. The van der Waals surface area contributed by atoms with Crippen molar-refractivity contribution in [1.82, 2.24) is 15.3 Å². The first-order chi connectivity index (χ1) is 9.29. The Kier molecular flexibility index (Phi) is 4.09. The van der Waals surface area contributed by atoms with Crippen molar-refractivity contribution in [2.45, 2.75) is 0 Å². The highest BCUT2D eigenvalue weighted by molar-refractivity contribution is 5.95. The standard InChI is InChI=1S/C14H12N4O/c1-2-7-15-13(19)11-5-3-6-12(10-11)18-14-16-8-4-9-17-14/h1,3-6,8-10H,7H2,(H,15,19)(H,16,17,18). The van der Waals surface area contributed by atoms with Crippen LogP contribution in [0.4, 0.5) is 11.6 Å². The lowest BCUT2D eigenvalue weighted by Gasteiger charge is -2.06. The van der Waals surface area contributed by atoms with E-state index < -0.39 is 0 Å². The van der Waals surface area contributed by atoms with E-state index in [2.05, 4.69) is 26.5 Å².